The number of carbonyl (C=O) groups excluding carboxylic acids is 1. The van der Waals surface area contributed by atoms with E-state index in [0.29, 0.717) is 34.9 Å². The molecule has 43 heavy (non-hydrogen) atoms. The van der Waals surface area contributed by atoms with E-state index in [4.69, 9.17) is 9.72 Å². The summed E-state index contributed by atoms with van der Waals surface area (Å²) in [6.07, 6.45) is 8.68. The minimum Gasteiger partial charge on any atom is -0.491 e. The monoisotopic (exact) mass is 574 g/mol. The zero-order valence-corrected chi connectivity index (χ0v) is 24.0. The van der Waals surface area contributed by atoms with Crippen LogP contribution in [0.5, 0.6) is 5.75 Å². The summed E-state index contributed by atoms with van der Waals surface area (Å²) in [4.78, 5) is 33.5. The molecule has 0 spiro atoms. The summed E-state index contributed by atoms with van der Waals surface area (Å²) in [6.45, 7) is 1.30. The Morgan fingerprint density at radius 3 is 2.58 bits per heavy atom. The van der Waals surface area contributed by atoms with Gasteiger partial charge in [0.1, 0.15) is 18.2 Å². The van der Waals surface area contributed by atoms with Gasteiger partial charge >= 0.3 is 5.97 Å². The number of H-pyrrole nitrogens is 1. The smallest absolute Gasteiger partial charge is 0.335 e. The molecule has 2 fully saturated rings. The van der Waals surface area contributed by atoms with Crippen LogP contribution >= 0.6 is 0 Å². The largest absolute Gasteiger partial charge is 0.491 e. The van der Waals surface area contributed by atoms with E-state index in [-0.39, 0.29) is 11.5 Å². The number of carboxylic acids is 1. The van der Waals surface area contributed by atoms with Crippen molar-refractivity contribution in [2.24, 2.45) is 0 Å². The lowest BCUT2D eigenvalue weighted by Gasteiger charge is -2.40. The van der Waals surface area contributed by atoms with Crippen LogP contribution in [0.25, 0.3) is 33.2 Å². The number of hydrogen-bond acceptors (Lipinski definition) is 4. The minimum absolute atomic E-state index is 0.131. The third-order valence-electron chi connectivity index (χ3n) is 9.84. The van der Waals surface area contributed by atoms with E-state index in [0.717, 1.165) is 42.6 Å². The fourth-order valence-corrected chi connectivity index (χ4v) is 7.49. The van der Waals surface area contributed by atoms with E-state index in [1.807, 2.05) is 12.1 Å². The second-order valence-corrected chi connectivity index (χ2v) is 12.3. The Balaban J connectivity index is 1.19. The van der Waals surface area contributed by atoms with Crippen LogP contribution in [0, 0.1) is 0 Å². The highest BCUT2D eigenvalue weighted by atomic mass is 16.5. The average Bonchev–Trinajstić information content (AvgIpc) is 3.52. The zero-order chi connectivity index (χ0) is 29.1. The summed E-state index contributed by atoms with van der Waals surface area (Å²) in [5.74, 6) is 0.979. The number of aromatic carboxylic acids is 1. The number of aromatic nitrogens is 3. The van der Waals surface area contributed by atoms with Crippen molar-refractivity contribution in [3.8, 4) is 17.0 Å². The van der Waals surface area contributed by atoms with Gasteiger partial charge in [-0.05, 0) is 86.1 Å². The average molecular weight is 575 g/mol. The lowest BCUT2D eigenvalue weighted by molar-refractivity contribution is 0.0696. The second kappa shape index (κ2) is 10.0. The van der Waals surface area contributed by atoms with Crippen LogP contribution in [0.4, 0.5) is 0 Å². The van der Waals surface area contributed by atoms with Gasteiger partial charge in [0.2, 0.25) is 0 Å². The van der Waals surface area contributed by atoms with E-state index < -0.39 is 11.5 Å². The Hall–Kier alpha value is -4.59. The Bertz CT molecular complexity index is 1910. The molecule has 3 heterocycles. The van der Waals surface area contributed by atoms with Crippen molar-refractivity contribution in [3.05, 3.63) is 83.2 Å². The Kier molecular flexibility index (Phi) is 6.06. The highest BCUT2D eigenvalue weighted by molar-refractivity contribution is 6.01. The maximum atomic E-state index is 13.9. The fraction of sp³-hybridized carbons (Fsp3) is 0.343. The molecule has 2 saturated carbocycles. The number of amides is 1. The predicted molar refractivity (Wildman–Crippen MR) is 165 cm³/mol. The van der Waals surface area contributed by atoms with Crippen molar-refractivity contribution in [3.63, 3.8) is 0 Å². The number of aromatic amines is 1. The standard InChI is InChI=1S/C35H34N4O4/c40-32(38-35(15-6-16-35)34-36-26-14-12-23(33(41)42)19-27(26)37-34)22-11-13-24-28(20-22)39-17-18-43-29-10-5-4-9-25(29)31(39)30(24)21-7-2-1-3-8-21/h4-5,9-14,19-21H,1-3,6-8,15-18H2,(H,36,37)(H,38,40)(H,41,42). The summed E-state index contributed by atoms with van der Waals surface area (Å²) in [5.41, 5.74) is 6.42. The Labute approximate surface area is 249 Å². The van der Waals surface area contributed by atoms with Crippen molar-refractivity contribution in [1.29, 1.82) is 0 Å². The van der Waals surface area contributed by atoms with Crippen LogP contribution in [0.15, 0.2) is 60.7 Å². The second-order valence-electron chi connectivity index (χ2n) is 12.3. The summed E-state index contributed by atoms with van der Waals surface area (Å²) >= 11 is 0. The molecule has 0 saturated heterocycles. The number of imidazole rings is 1. The molecule has 3 aliphatic rings. The SMILES string of the molecule is O=C(O)c1ccc2nc(C3(NC(=O)c4ccc5c(C6CCCCC6)c6n(c5c4)CCOc4ccccc4-6)CCC3)[nH]c2c1. The highest BCUT2D eigenvalue weighted by Crippen LogP contribution is 2.47. The first kappa shape index (κ1) is 26.1. The van der Waals surface area contributed by atoms with Gasteiger partial charge in [0.15, 0.2) is 0 Å². The summed E-state index contributed by atoms with van der Waals surface area (Å²) < 4.78 is 8.57. The lowest BCUT2D eigenvalue weighted by Crippen LogP contribution is -2.51. The molecule has 8 nitrogen and oxygen atoms in total. The number of hydrogen-bond donors (Lipinski definition) is 3. The molecule has 0 unspecified atom stereocenters. The Morgan fingerprint density at radius 1 is 0.977 bits per heavy atom. The summed E-state index contributed by atoms with van der Waals surface area (Å²) in [5, 5.41) is 14.0. The zero-order valence-electron chi connectivity index (χ0n) is 24.0. The molecule has 3 N–H and O–H groups in total. The van der Waals surface area contributed by atoms with E-state index in [9.17, 15) is 14.7 Å². The first-order chi connectivity index (χ1) is 21.0. The molecule has 2 aromatic heterocycles. The molecule has 5 aromatic rings. The molecule has 1 aliphatic heterocycles. The van der Waals surface area contributed by atoms with Crippen molar-refractivity contribution in [2.75, 3.05) is 6.61 Å². The van der Waals surface area contributed by atoms with Crippen molar-refractivity contribution in [2.45, 2.75) is 69.4 Å². The quantitative estimate of drug-likeness (QED) is 0.207. The number of nitrogens with one attached hydrogen (secondary N) is 2. The van der Waals surface area contributed by atoms with Crippen molar-refractivity contribution >= 4 is 33.8 Å². The van der Waals surface area contributed by atoms with Crippen LogP contribution in [0.1, 0.15) is 89.4 Å². The van der Waals surface area contributed by atoms with Gasteiger partial charge in [-0.2, -0.15) is 0 Å². The minimum atomic E-state index is -0.981. The molecule has 0 atom stereocenters. The third kappa shape index (κ3) is 4.22. The number of ether oxygens (including phenoxy) is 1. The van der Waals surface area contributed by atoms with Gasteiger partial charge in [0.25, 0.3) is 5.91 Å². The van der Waals surface area contributed by atoms with Crippen molar-refractivity contribution in [1.82, 2.24) is 19.9 Å². The number of rotatable bonds is 5. The molecule has 8 rings (SSSR count). The fourth-order valence-electron chi connectivity index (χ4n) is 7.49. The number of nitrogens with zero attached hydrogens (tertiary/aromatic N) is 2. The molecular formula is C35H34N4O4. The van der Waals surface area contributed by atoms with Gasteiger partial charge in [-0.25, -0.2) is 9.78 Å². The molecule has 0 bridgehead atoms. The first-order valence-corrected chi connectivity index (χ1v) is 15.5. The third-order valence-corrected chi connectivity index (χ3v) is 9.84. The van der Waals surface area contributed by atoms with E-state index >= 15 is 0 Å². The van der Waals surface area contributed by atoms with Gasteiger partial charge in [0.05, 0.1) is 34.4 Å². The normalized spacial score (nSPS) is 17.9. The van der Waals surface area contributed by atoms with Gasteiger partial charge < -0.3 is 24.7 Å². The molecule has 8 heteroatoms. The van der Waals surface area contributed by atoms with E-state index in [1.54, 1.807) is 18.2 Å². The summed E-state index contributed by atoms with van der Waals surface area (Å²) in [7, 11) is 0. The number of benzene rings is 3. The molecule has 1 amide bonds. The van der Waals surface area contributed by atoms with Gasteiger partial charge in [-0.3, -0.25) is 4.79 Å². The van der Waals surface area contributed by atoms with Crippen LogP contribution in [0.2, 0.25) is 0 Å². The lowest BCUT2D eigenvalue weighted by atomic mass is 9.76. The number of fused-ring (bicyclic) bond motifs is 6. The number of para-hydroxylation sites is 1. The van der Waals surface area contributed by atoms with Crippen LogP contribution in [-0.4, -0.2) is 38.1 Å². The maximum Gasteiger partial charge on any atom is 0.335 e. The van der Waals surface area contributed by atoms with Crippen LogP contribution in [0.3, 0.4) is 0 Å². The highest BCUT2D eigenvalue weighted by Gasteiger charge is 2.43. The van der Waals surface area contributed by atoms with E-state index in [2.05, 4.69) is 45.2 Å². The summed E-state index contributed by atoms with van der Waals surface area (Å²) in [6, 6.07) is 19.4. The van der Waals surface area contributed by atoms with Crippen LogP contribution < -0.4 is 10.1 Å². The number of carboxylic acid groups (broad SMARTS) is 1. The molecule has 2 aliphatic carbocycles. The maximum absolute atomic E-state index is 13.9. The van der Waals surface area contributed by atoms with Gasteiger partial charge in [-0.1, -0.05) is 37.5 Å². The molecular weight excluding hydrogens is 540 g/mol. The van der Waals surface area contributed by atoms with Gasteiger partial charge in [0, 0.05) is 22.0 Å². The predicted octanol–water partition coefficient (Wildman–Crippen LogP) is 7.13. The molecule has 3 aromatic carbocycles. The molecule has 218 valence electrons. The van der Waals surface area contributed by atoms with E-state index in [1.165, 1.54) is 48.7 Å². The first-order valence-electron chi connectivity index (χ1n) is 15.5. The topological polar surface area (TPSA) is 109 Å². The Morgan fingerprint density at radius 2 is 1.79 bits per heavy atom. The van der Waals surface area contributed by atoms with Crippen LogP contribution in [-0.2, 0) is 12.1 Å². The van der Waals surface area contributed by atoms with Crippen molar-refractivity contribution < 1.29 is 19.4 Å². The van der Waals surface area contributed by atoms with Gasteiger partial charge in [-0.15, -0.1) is 0 Å². The number of carbonyl (C=O) groups is 2. The molecule has 0 radical (unpaired) electrons.